The van der Waals surface area contributed by atoms with E-state index in [9.17, 15) is 19.3 Å². The fourth-order valence-electron chi connectivity index (χ4n) is 1.64. The molecule has 0 aliphatic rings. The summed E-state index contributed by atoms with van der Waals surface area (Å²) in [5.41, 5.74) is 2.21. The van der Waals surface area contributed by atoms with Crippen molar-refractivity contribution in [3.63, 3.8) is 0 Å². The molecule has 0 fully saturated rings. The van der Waals surface area contributed by atoms with Crippen LogP contribution < -0.4 is 5.43 Å². The van der Waals surface area contributed by atoms with E-state index in [1.54, 1.807) is 6.07 Å². The molecule has 2 aromatic carbocycles. The zero-order chi connectivity index (χ0) is 15.2. The highest BCUT2D eigenvalue weighted by Crippen LogP contribution is 2.17. The van der Waals surface area contributed by atoms with Gasteiger partial charge in [-0.1, -0.05) is 24.3 Å². The van der Waals surface area contributed by atoms with Gasteiger partial charge in [-0.3, -0.25) is 14.9 Å². The summed E-state index contributed by atoms with van der Waals surface area (Å²) in [6.45, 7) is 0. The van der Waals surface area contributed by atoms with Crippen molar-refractivity contribution in [3.05, 3.63) is 75.6 Å². The minimum absolute atomic E-state index is 0.0982. The topological polar surface area (TPSA) is 84.6 Å². The summed E-state index contributed by atoms with van der Waals surface area (Å²) in [4.78, 5) is 22.0. The van der Waals surface area contributed by atoms with Crippen LogP contribution in [0.2, 0.25) is 0 Å². The van der Waals surface area contributed by atoms with Gasteiger partial charge in [-0.25, -0.2) is 9.82 Å². The number of amides is 1. The lowest BCUT2D eigenvalue weighted by Gasteiger charge is -2.01. The summed E-state index contributed by atoms with van der Waals surface area (Å²) in [6.07, 6.45) is 1.25. The van der Waals surface area contributed by atoms with Crippen molar-refractivity contribution in [3.8, 4) is 0 Å². The van der Waals surface area contributed by atoms with Crippen LogP contribution in [0.5, 0.6) is 0 Å². The van der Waals surface area contributed by atoms with Crippen LogP contribution in [0, 0.1) is 15.9 Å². The Morgan fingerprint density at radius 2 is 2.00 bits per heavy atom. The molecular formula is C14H10FN3O3. The highest BCUT2D eigenvalue weighted by atomic mass is 19.1. The highest BCUT2D eigenvalue weighted by molar-refractivity contribution is 5.98. The largest absolute Gasteiger partial charge is 0.282 e. The fourth-order valence-corrected chi connectivity index (χ4v) is 1.64. The highest BCUT2D eigenvalue weighted by Gasteiger charge is 2.18. The predicted molar refractivity (Wildman–Crippen MR) is 74.6 cm³/mol. The third-order valence-corrected chi connectivity index (χ3v) is 2.57. The third kappa shape index (κ3) is 3.69. The van der Waals surface area contributed by atoms with Gasteiger partial charge in [0.2, 0.25) is 0 Å². The SMILES string of the molecule is O=C(N/N=C/c1cccc(F)c1)c1ccccc1[N+](=O)[O-]. The molecule has 2 aromatic rings. The number of nitrogens with zero attached hydrogens (tertiary/aromatic N) is 2. The molecule has 21 heavy (non-hydrogen) atoms. The van der Waals surface area contributed by atoms with E-state index in [0.29, 0.717) is 5.56 Å². The lowest BCUT2D eigenvalue weighted by molar-refractivity contribution is -0.385. The Morgan fingerprint density at radius 3 is 2.71 bits per heavy atom. The van der Waals surface area contributed by atoms with E-state index in [0.717, 1.165) is 0 Å². The number of carbonyl (C=O) groups is 1. The average molecular weight is 287 g/mol. The van der Waals surface area contributed by atoms with Gasteiger partial charge >= 0.3 is 0 Å². The number of rotatable bonds is 4. The van der Waals surface area contributed by atoms with Crippen LogP contribution in [-0.4, -0.2) is 17.0 Å². The lowest BCUT2D eigenvalue weighted by Crippen LogP contribution is -2.18. The summed E-state index contributed by atoms with van der Waals surface area (Å²) in [7, 11) is 0. The fraction of sp³-hybridized carbons (Fsp3) is 0. The number of halogens is 1. The molecular weight excluding hydrogens is 277 g/mol. The molecule has 0 aliphatic heterocycles. The first-order valence-electron chi connectivity index (χ1n) is 5.90. The van der Waals surface area contributed by atoms with Gasteiger partial charge in [-0.15, -0.1) is 0 Å². The first kappa shape index (κ1) is 14.3. The van der Waals surface area contributed by atoms with Gasteiger partial charge in [-0.05, 0) is 23.8 Å². The van der Waals surface area contributed by atoms with E-state index in [1.807, 2.05) is 0 Å². The maximum atomic E-state index is 12.9. The molecule has 0 saturated carbocycles. The van der Waals surface area contributed by atoms with Gasteiger partial charge in [0.15, 0.2) is 0 Å². The van der Waals surface area contributed by atoms with E-state index in [-0.39, 0.29) is 11.3 Å². The predicted octanol–water partition coefficient (Wildman–Crippen LogP) is 2.50. The second-order valence-corrected chi connectivity index (χ2v) is 4.03. The van der Waals surface area contributed by atoms with Gasteiger partial charge in [0, 0.05) is 6.07 Å². The van der Waals surface area contributed by atoms with Crippen molar-refractivity contribution in [2.75, 3.05) is 0 Å². The Labute approximate surface area is 119 Å². The maximum Gasteiger partial charge on any atom is 0.282 e. The van der Waals surface area contributed by atoms with Crippen LogP contribution in [0.15, 0.2) is 53.6 Å². The smallest absolute Gasteiger partial charge is 0.267 e. The first-order valence-corrected chi connectivity index (χ1v) is 5.90. The second kappa shape index (κ2) is 6.38. The number of para-hydroxylation sites is 1. The summed E-state index contributed by atoms with van der Waals surface area (Å²) in [6, 6.07) is 11.1. The number of hydrogen-bond acceptors (Lipinski definition) is 4. The van der Waals surface area contributed by atoms with Gasteiger partial charge in [0.05, 0.1) is 11.1 Å². The summed E-state index contributed by atoms with van der Waals surface area (Å²) in [5, 5.41) is 14.5. The Bertz CT molecular complexity index is 716. The van der Waals surface area contributed by atoms with Crippen molar-refractivity contribution in [2.24, 2.45) is 5.10 Å². The van der Waals surface area contributed by atoms with E-state index in [1.165, 1.54) is 48.7 Å². The number of nitrogens with one attached hydrogen (secondary N) is 1. The monoisotopic (exact) mass is 287 g/mol. The number of hydrazone groups is 1. The standard InChI is InChI=1S/C14H10FN3O3/c15-11-5-3-4-10(8-11)9-16-17-14(19)12-6-1-2-7-13(12)18(20)21/h1-9H,(H,17,19)/b16-9+. The Morgan fingerprint density at radius 1 is 1.24 bits per heavy atom. The Balaban J connectivity index is 2.11. The number of carbonyl (C=O) groups excluding carboxylic acids is 1. The van der Waals surface area contributed by atoms with Crippen LogP contribution >= 0.6 is 0 Å². The summed E-state index contributed by atoms with van der Waals surface area (Å²) in [5.74, 6) is -1.14. The van der Waals surface area contributed by atoms with E-state index < -0.39 is 16.6 Å². The van der Waals surface area contributed by atoms with Gasteiger partial charge in [-0.2, -0.15) is 5.10 Å². The second-order valence-electron chi connectivity index (χ2n) is 4.03. The van der Waals surface area contributed by atoms with Crippen molar-refractivity contribution in [2.45, 2.75) is 0 Å². The maximum absolute atomic E-state index is 12.9. The minimum Gasteiger partial charge on any atom is -0.267 e. The molecule has 2 rings (SSSR count). The molecule has 106 valence electrons. The summed E-state index contributed by atoms with van der Waals surface area (Å²) >= 11 is 0. The zero-order valence-electron chi connectivity index (χ0n) is 10.7. The van der Waals surface area contributed by atoms with Crippen LogP contribution in [0.1, 0.15) is 15.9 Å². The molecule has 0 unspecified atom stereocenters. The Kier molecular flexibility index (Phi) is 4.35. The molecule has 0 saturated heterocycles. The molecule has 0 radical (unpaired) electrons. The number of benzene rings is 2. The number of nitro benzene ring substituents is 1. The molecule has 1 N–H and O–H groups in total. The molecule has 1 amide bonds. The summed E-state index contributed by atoms with van der Waals surface area (Å²) < 4.78 is 12.9. The van der Waals surface area contributed by atoms with Crippen molar-refractivity contribution in [1.82, 2.24) is 5.43 Å². The van der Waals surface area contributed by atoms with Crippen molar-refractivity contribution in [1.29, 1.82) is 0 Å². The average Bonchev–Trinajstić information content (AvgIpc) is 2.47. The number of nitro groups is 1. The molecule has 6 nitrogen and oxygen atoms in total. The normalized spacial score (nSPS) is 10.5. The van der Waals surface area contributed by atoms with Crippen molar-refractivity contribution >= 4 is 17.8 Å². The van der Waals surface area contributed by atoms with E-state index >= 15 is 0 Å². The van der Waals surface area contributed by atoms with Crippen LogP contribution in [0.3, 0.4) is 0 Å². The molecule has 0 heterocycles. The quantitative estimate of drug-likeness (QED) is 0.532. The zero-order valence-corrected chi connectivity index (χ0v) is 10.7. The van der Waals surface area contributed by atoms with E-state index in [4.69, 9.17) is 0 Å². The lowest BCUT2D eigenvalue weighted by atomic mass is 10.2. The molecule has 0 bridgehead atoms. The van der Waals surface area contributed by atoms with Gasteiger partial charge < -0.3 is 0 Å². The third-order valence-electron chi connectivity index (χ3n) is 2.57. The number of hydrogen-bond donors (Lipinski definition) is 1. The first-order chi connectivity index (χ1) is 10.1. The van der Waals surface area contributed by atoms with Crippen LogP contribution in [0.25, 0.3) is 0 Å². The molecule has 0 atom stereocenters. The van der Waals surface area contributed by atoms with Crippen molar-refractivity contribution < 1.29 is 14.1 Å². The van der Waals surface area contributed by atoms with Crippen LogP contribution in [-0.2, 0) is 0 Å². The molecule has 0 aromatic heterocycles. The van der Waals surface area contributed by atoms with Crippen LogP contribution in [0.4, 0.5) is 10.1 Å². The van der Waals surface area contributed by atoms with Gasteiger partial charge in [0.1, 0.15) is 11.4 Å². The van der Waals surface area contributed by atoms with E-state index in [2.05, 4.69) is 10.5 Å². The molecule has 7 heteroatoms. The van der Waals surface area contributed by atoms with Gasteiger partial charge in [0.25, 0.3) is 11.6 Å². The molecule has 0 spiro atoms. The minimum atomic E-state index is -0.713. The molecule has 0 aliphatic carbocycles. The Hall–Kier alpha value is -3.09.